The van der Waals surface area contributed by atoms with Crippen LogP contribution in [-0.4, -0.2) is 40.8 Å². The number of hydrogen-bond donors (Lipinski definition) is 2. The minimum Gasteiger partial charge on any atom is -0.357 e. The first-order valence-corrected chi connectivity index (χ1v) is 9.24. The predicted molar refractivity (Wildman–Crippen MR) is 93.1 cm³/mol. The molecule has 2 heterocycles. The second-order valence-corrected chi connectivity index (χ2v) is 8.20. The van der Waals surface area contributed by atoms with Gasteiger partial charge in [0.2, 0.25) is 5.91 Å². The molecule has 2 unspecified atom stereocenters. The molecule has 2 amide bonds. The minimum atomic E-state index is -0.291. The van der Waals surface area contributed by atoms with E-state index in [0.29, 0.717) is 18.5 Å². The molecule has 0 aromatic carbocycles. The van der Waals surface area contributed by atoms with Gasteiger partial charge in [-0.15, -0.1) is 0 Å². The normalized spacial score (nSPS) is 27.6. The molecule has 0 radical (unpaired) electrons. The lowest BCUT2D eigenvalue weighted by Gasteiger charge is -2.54. The number of amides is 2. The third-order valence-corrected chi connectivity index (χ3v) is 6.38. The Balaban J connectivity index is 1.34. The van der Waals surface area contributed by atoms with Crippen molar-refractivity contribution in [1.82, 2.24) is 15.2 Å². The summed E-state index contributed by atoms with van der Waals surface area (Å²) < 4.78 is 0. The molecule has 2 atom stereocenters. The Labute approximate surface area is 147 Å². The summed E-state index contributed by atoms with van der Waals surface area (Å²) in [4.78, 5) is 41.1. The lowest BCUT2D eigenvalue weighted by atomic mass is 9.51. The van der Waals surface area contributed by atoms with Crippen LogP contribution in [0.25, 0.3) is 0 Å². The van der Waals surface area contributed by atoms with E-state index in [1.54, 1.807) is 0 Å². The van der Waals surface area contributed by atoms with Gasteiger partial charge in [0, 0.05) is 37.3 Å². The van der Waals surface area contributed by atoms with E-state index in [-0.39, 0.29) is 40.8 Å². The molecule has 3 fully saturated rings. The third-order valence-electron chi connectivity index (χ3n) is 6.38. The fraction of sp³-hybridized carbons (Fsp3) is 0.632. The zero-order valence-corrected chi connectivity index (χ0v) is 14.6. The molecule has 0 bridgehead atoms. The molecule has 1 saturated heterocycles. The second-order valence-electron chi connectivity index (χ2n) is 8.20. The number of aromatic nitrogens is 1. The van der Waals surface area contributed by atoms with Crippen LogP contribution in [0.4, 0.5) is 0 Å². The predicted octanol–water partition coefficient (Wildman–Crippen LogP) is 1.53. The van der Waals surface area contributed by atoms with Crippen molar-refractivity contribution in [2.75, 3.05) is 13.1 Å². The Morgan fingerprint density at radius 3 is 2.68 bits per heavy atom. The van der Waals surface area contributed by atoms with E-state index in [2.05, 4.69) is 17.2 Å². The Morgan fingerprint density at radius 1 is 1.28 bits per heavy atom. The lowest BCUT2D eigenvalue weighted by molar-refractivity contribution is -0.146. The zero-order valence-electron chi connectivity index (χ0n) is 14.6. The van der Waals surface area contributed by atoms with Gasteiger partial charge in [0.25, 0.3) is 5.91 Å². The van der Waals surface area contributed by atoms with Crippen LogP contribution in [0, 0.1) is 17.3 Å². The number of nitrogens with zero attached hydrogens (tertiary/aromatic N) is 1. The first-order valence-electron chi connectivity index (χ1n) is 9.24. The van der Waals surface area contributed by atoms with E-state index in [4.69, 9.17) is 0 Å². The molecule has 4 rings (SSSR count). The highest BCUT2D eigenvalue weighted by Crippen LogP contribution is 2.59. The lowest BCUT2D eigenvalue weighted by Crippen LogP contribution is -2.50. The number of rotatable bonds is 3. The van der Waals surface area contributed by atoms with Crippen molar-refractivity contribution in [2.45, 2.75) is 45.1 Å². The summed E-state index contributed by atoms with van der Waals surface area (Å²) in [6.07, 6.45) is 7.48. The topological polar surface area (TPSA) is 82.3 Å². The number of pyridine rings is 1. The first-order chi connectivity index (χ1) is 12.0. The number of nitrogens with one attached hydrogen (secondary N) is 2. The summed E-state index contributed by atoms with van der Waals surface area (Å²) in [5, 5.41) is 2.97. The van der Waals surface area contributed by atoms with Crippen LogP contribution in [0.15, 0.2) is 23.1 Å². The van der Waals surface area contributed by atoms with Gasteiger partial charge in [0.05, 0.1) is 6.04 Å². The van der Waals surface area contributed by atoms with Crippen molar-refractivity contribution in [3.63, 3.8) is 0 Å². The first kappa shape index (κ1) is 16.4. The molecule has 134 valence electrons. The minimum absolute atomic E-state index is 0.0714. The summed E-state index contributed by atoms with van der Waals surface area (Å²) in [5.74, 6) is 0.364. The average molecular weight is 343 g/mol. The number of hydrogen-bond acceptors (Lipinski definition) is 3. The molecule has 1 aromatic rings. The van der Waals surface area contributed by atoms with E-state index >= 15 is 0 Å². The molecular formula is C19H25N3O3. The van der Waals surface area contributed by atoms with Crippen LogP contribution in [-0.2, 0) is 4.79 Å². The van der Waals surface area contributed by atoms with E-state index in [9.17, 15) is 14.4 Å². The van der Waals surface area contributed by atoms with Gasteiger partial charge in [-0.25, -0.2) is 0 Å². The standard InChI is InChI=1S/C19H25N3O3/c1-12-10-22(18(25)13-8-19(9-13)4-2-5-19)11-16(12)21-17(24)15-7-14(23)3-6-20-15/h3,6-7,12-13,16H,2,4-5,8-11H2,1H3,(H,20,23)(H,21,24). The fourth-order valence-electron chi connectivity index (χ4n) is 4.66. The summed E-state index contributed by atoms with van der Waals surface area (Å²) in [6.45, 7) is 3.31. The van der Waals surface area contributed by atoms with Crippen molar-refractivity contribution in [1.29, 1.82) is 0 Å². The monoisotopic (exact) mass is 343 g/mol. The largest absolute Gasteiger partial charge is 0.357 e. The smallest absolute Gasteiger partial charge is 0.268 e. The van der Waals surface area contributed by atoms with Gasteiger partial charge in [-0.1, -0.05) is 13.3 Å². The van der Waals surface area contributed by atoms with Gasteiger partial charge < -0.3 is 15.2 Å². The molecule has 3 aliphatic rings. The highest BCUT2D eigenvalue weighted by atomic mass is 16.2. The molecule has 6 nitrogen and oxygen atoms in total. The summed E-state index contributed by atoms with van der Waals surface area (Å²) in [6, 6.07) is 2.60. The maximum atomic E-state index is 12.7. The average Bonchev–Trinajstić information content (AvgIpc) is 2.85. The number of H-pyrrole nitrogens is 1. The van der Waals surface area contributed by atoms with Crippen molar-refractivity contribution >= 4 is 11.8 Å². The van der Waals surface area contributed by atoms with Crippen molar-refractivity contribution < 1.29 is 9.59 Å². The van der Waals surface area contributed by atoms with Crippen molar-refractivity contribution in [3.05, 3.63) is 34.2 Å². The maximum absolute atomic E-state index is 12.7. The Morgan fingerprint density at radius 2 is 2.04 bits per heavy atom. The third kappa shape index (κ3) is 2.98. The van der Waals surface area contributed by atoms with Crippen LogP contribution in [0.1, 0.15) is 49.5 Å². The van der Waals surface area contributed by atoms with Crippen molar-refractivity contribution in [3.8, 4) is 0 Å². The van der Waals surface area contributed by atoms with Crippen LogP contribution >= 0.6 is 0 Å². The SMILES string of the molecule is CC1CN(C(=O)C2CC3(CCC3)C2)CC1NC(=O)c1cc(=O)cc[nH]1. The molecule has 1 aromatic heterocycles. The maximum Gasteiger partial charge on any atom is 0.268 e. The Bertz CT molecular complexity index is 744. The summed E-state index contributed by atoms with van der Waals surface area (Å²) >= 11 is 0. The number of carbonyl (C=O) groups excluding carboxylic acids is 2. The van der Waals surface area contributed by atoms with Gasteiger partial charge in [-0.05, 0) is 37.0 Å². The quantitative estimate of drug-likeness (QED) is 0.873. The fourth-order valence-corrected chi connectivity index (χ4v) is 4.66. The second kappa shape index (κ2) is 6.00. The molecule has 2 saturated carbocycles. The summed E-state index contributed by atoms with van der Waals surface area (Å²) in [7, 11) is 0. The molecule has 2 N–H and O–H groups in total. The van der Waals surface area contributed by atoms with Crippen LogP contribution in [0.3, 0.4) is 0 Å². The van der Waals surface area contributed by atoms with Gasteiger partial charge in [0.1, 0.15) is 5.69 Å². The van der Waals surface area contributed by atoms with Crippen LogP contribution < -0.4 is 10.7 Å². The molecule has 25 heavy (non-hydrogen) atoms. The Hall–Kier alpha value is -2.11. The molecule has 1 aliphatic heterocycles. The number of carbonyl (C=O) groups is 2. The summed E-state index contributed by atoms with van der Waals surface area (Å²) in [5.41, 5.74) is 0.559. The molecular weight excluding hydrogens is 318 g/mol. The van der Waals surface area contributed by atoms with E-state index < -0.39 is 0 Å². The zero-order chi connectivity index (χ0) is 17.6. The highest BCUT2D eigenvalue weighted by molar-refractivity contribution is 5.92. The molecule has 6 heteroatoms. The highest BCUT2D eigenvalue weighted by Gasteiger charge is 2.52. The molecule has 2 aliphatic carbocycles. The van der Waals surface area contributed by atoms with Gasteiger partial charge in [0.15, 0.2) is 5.43 Å². The van der Waals surface area contributed by atoms with Crippen LogP contribution in [0.5, 0.6) is 0 Å². The van der Waals surface area contributed by atoms with Gasteiger partial charge in [-0.3, -0.25) is 14.4 Å². The molecule has 1 spiro atoms. The van der Waals surface area contributed by atoms with Gasteiger partial charge in [-0.2, -0.15) is 0 Å². The van der Waals surface area contributed by atoms with E-state index in [1.165, 1.54) is 37.6 Å². The van der Waals surface area contributed by atoms with Crippen LogP contribution in [0.2, 0.25) is 0 Å². The number of likely N-dealkylation sites (tertiary alicyclic amines) is 1. The van der Waals surface area contributed by atoms with E-state index in [0.717, 1.165) is 12.8 Å². The van der Waals surface area contributed by atoms with Gasteiger partial charge >= 0.3 is 0 Å². The Kier molecular flexibility index (Phi) is 3.93. The van der Waals surface area contributed by atoms with E-state index in [1.807, 2.05) is 4.90 Å². The number of aromatic amines is 1. The van der Waals surface area contributed by atoms with Crippen molar-refractivity contribution in [2.24, 2.45) is 17.3 Å².